The molecule has 1 fully saturated rings. The molecule has 0 heterocycles. The van der Waals surface area contributed by atoms with E-state index in [1.807, 2.05) is 19.1 Å². The average Bonchev–Trinajstić information content (AvgIpc) is 2.39. The Morgan fingerprint density at radius 1 is 1.47 bits per heavy atom. The Kier molecular flexibility index (Phi) is 3.54. The summed E-state index contributed by atoms with van der Waals surface area (Å²) in [6.45, 7) is 6.06. The maximum Gasteiger partial charge on any atom is 0.337 e. The highest BCUT2D eigenvalue weighted by molar-refractivity contribution is 5.90. The fourth-order valence-electron chi connectivity index (χ4n) is 2.41. The first kappa shape index (κ1) is 13.9. The lowest BCUT2D eigenvalue weighted by atomic mass is 9.64. The van der Waals surface area contributed by atoms with Crippen LogP contribution in [0.25, 0.3) is 0 Å². The van der Waals surface area contributed by atoms with Crippen LogP contribution in [0.3, 0.4) is 0 Å². The van der Waals surface area contributed by atoms with Crippen molar-refractivity contribution in [3.05, 3.63) is 29.3 Å². The van der Waals surface area contributed by atoms with Gasteiger partial charge in [-0.2, -0.15) is 0 Å². The van der Waals surface area contributed by atoms with Gasteiger partial charge in [0.15, 0.2) is 0 Å². The van der Waals surface area contributed by atoms with Crippen molar-refractivity contribution >= 4 is 11.7 Å². The number of esters is 1. The molecule has 4 nitrogen and oxygen atoms in total. The summed E-state index contributed by atoms with van der Waals surface area (Å²) in [6, 6.07) is 5.72. The Hall–Kier alpha value is -1.55. The van der Waals surface area contributed by atoms with Gasteiger partial charge in [-0.3, -0.25) is 0 Å². The van der Waals surface area contributed by atoms with Crippen LogP contribution in [0, 0.1) is 12.3 Å². The SMILES string of the molecule is COC(=O)c1ccc(NC2CC(O)C2(C)C)c(C)c1. The van der Waals surface area contributed by atoms with Gasteiger partial charge in [-0.15, -0.1) is 0 Å². The monoisotopic (exact) mass is 263 g/mol. The maximum atomic E-state index is 11.4. The molecule has 1 saturated carbocycles. The number of aliphatic hydroxyl groups is 1. The minimum Gasteiger partial charge on any atom is -0.465 e. The fourth-order valence-corrected chi connectivity index (χ4v) is 2.41. The van der Waals surface area contributed by atoms with Gasteiger partial charge in [-0.05, 0) is 37.1 Å². The average molecular weight is 263 g/mol. The van der Waals surface area contributed by atoms with Gasteiger partial charge in [0.05, 0.1) is 18.8 Å². The summed E-state index contributed by atoms with van der Waals surface area (Å²) < 4.78 is 4.70. The molecule has 2 unspecified atom stereocenters. The Bertz CT molecular complexity index is 496. The molecule has 0 bridgehead atoms. The van der Waals surface area contributed by atoms with E-state index < -0.39 is 0 Å². The first-order valence-corrected chi connectivity index (χ1v) is 6.50. The summed E-state index contributed by atoms with van der Waals surface area (Å²) in [6.07, 6.45) is 0.505. The number of aryl methyl sites for hydroxylation is 1. The highest BCUT2D eigenvalue weighted by Crippen LogP contribution is 2.42. The number of hydrogen-bond acceptors (Lipinski definition) is 4. The van der Waals surface area contributed by atoms with Gasteiger partial charge in [-0.25, -0.2) is 4.79 Å². The first-order chi connectivity index (χ1) is 8.86. The summed E-state index contributed by atoms with van der Waals surface area (Å²) in [5, 5.41) is 13.2. The van der Waals surface area contributed by atoms with E-state index in [-0.39, 0.29) is 23.5 Å². The predicted molar refractivity (Wildman–Crippen MR) is 74.3 cm³/mol. The molecule has 0 radical (unpaired) electrons. The number of ether oxygens (including phenoxy) is 1. The molecule has 4 heteroatoms. The smallest absolute Gasteiger partial charge is 0.337 e. The molecule has 1 aromatic carbocycles. The number of rotatable bonds is 3. The molecule has 1 aliphatic carbocycles. The van der Waals surface area contributed by atoms with Crippen LogP contribution in [0.4, 0.5) is 5.69 Å². The van der Waals surface area contributed by atoms with Crippen molar-refractivity contribution in [2.24, 2.45) is 5.41 Å². The summed E-state index contributed by atoms with van der Waals surface area (Å²) in [5.41, 5.74) is 2.43. The number of anilines is 1. The Balaban J connectivity index is 2.12. The second kappa shape index (κ2) is 4.85. The molecule has 1 aliphatic rings. The molecule has 2 rings (SSSR count). The number of carbonyl (C=O) groups excluding carboxylic acids is 1. The standard InChI is InChI=1S/C15H21NO3/c1-9-7-10(14(18)19-4)5-6-11(9)16-12-8-13(17)15(12,2)3/h5-7,12-13,16-17H,8H2,1-4H3. The lowest BCUT2D eigenvalue weighted by Gasteiger charge is -2.50. The summed E-state index contributed by atoms with van der Waals surface area (Å²) in [4.78, 5) is 11.4. The second-order valence-electron chi connectivity index (χ2n) is 5.79. The van der Waals surface area contributed by atoms with Crippen LogP contribution in [0.15, 0.2) is 18.2 Å². The Morgan fingerprint density at radius 3 is 2.63 bits per heavy atom. The Morgan fingerprint density at radius 2 is 2.16 bits per heavy atom. The van der Waals surface area contributed by atoms with Gasteiger partial charge >= 0.3 is 5.97 Å². The van der Waals surface area contributed by atoms with Crippen molar-refractivity contribution < 1.29 is 14.6 Å². The molecule has 2 atom stereocenters. The number of hydrogen-bond donors (Lipinski definition) is 2. The van der Waals surface area contributed by atoms with Gasteiger partial charge in [0.25, 0.3) is 0 Å². The van der Waals surface area contributed by atoms with Crippen molar-refractivity contribution in [1.82, 2.24) is 0 Å². The van der Waals surface area contributed by atoms with E-state index >= 15 is 0 Å². The van der Waals surface area contributed by atoms with Gasteiger partial charge in [-0.1, -0.05) is 13.8 Å². The van der Waals surface area contributed by atoms with E-state index in [1.54, 1.807) is 6.07 Å². The molecule has 19 heavy (non-hydrogen) atoms. The quantitative estimate of drug-likeness (QED) is 0.822. The van der Waals surface area contributed by atoms with E-state index in [0.717, 1.165) is 17.7 Å². The normalized spacial score (nSPS) is 24.5. The van der Waals surface area contributed by atoms with Crippen LogP contribution in [0.2, 0.25) is 0 Å². The highest BCUT2D eigenvalue weighted by Gasteiger charge is 2.47. The topological polar surface area (TPSA) is 58.6 Å². The zero-order valence-corrected chi connectivity index (χ0v) is 11.9. The molecular formula is C15H21NO3. The van der Waals surface area contributed by atoms with E-state index in [0.29, 0.717) is 5.56 Å². The van der Waals surface area contributed by atoms with E-state index in [9.17, 15) is 9.90 Å². The van der Waals surface area contributed by atoms with Gasteiger partial charge in [0, 0.05) is 17.1 Å². The van der Waals surface area contributed by atoms with Gasteiger partial charge in [0.1, 0.15) is 0 Å². The zero-order chi connectivity index (χ0) is 14.2. The van der Waals surface area contributed by atoms with Crippen molar-refractivity contribution in [1.29, 1.82) is 0 Å². The van der Waals surface area contributed by atoms with Crippen LogP contribution < -0.4 is 5.32 Å². The van der Waals surface area contributed by atoms with Crippen molar-refractivity contribution in [2.75, 3.05) is 12.4 Å². The molecule has 104 valence electrons. The maximum absolute atomic E-state index is 11.4. The van der Waals surface area contributed by atoms with Gasteiger partial charge in [0.2, 0.25) is 0 Å². The lowest BCUT2D eigenvalue weighted by Crippen LogP contribution is -2.56. The zero-order valence-electron chi connectivity index (χ0n) is 11.9. The molecule has 0 aliphatic heterocycles. The minimum atomic E-state index is -0.325. The van der Waals surface area contributed by atoms with Crippen molar-refractivity contribution in [3.8, 4) is 0 Å². The van der Waals surface area contributed by atoms with Crippen LogP contribution in [-0.4, -0.2) is 30.3 Å². The van der Waals surface area contributed by atoms with Crippen LogP contribution >= 0.6 is 0 Å². The first-order valence-electron chi connectivity index (χ1n) is 6.50. The minimum absolute atomic E-state index is 0.118. The van der Waals surface area contributed by atoms with Crippen LogP contribution in [0.5, 0.6) is 0 Å². The Labute approximate surface area is 113 Å². The highest BCUT2D eigenvalue weighted by atomic mass is 16.5. The number of benzene rings is 1. The van der Waals surface area contributed by atoms with E-state index in [4.69, 9.17) is 4.74 Å². The summed E-state index contributed by atoms with van der Waals surface area (Å²) in [7, 11) is 1.38. The van der Waals surface area contributed by atoms with Crippen LogP contribution in [0.1, 0.15) is 36.2 Å². The lowest BCUT2D eigenvalue weighted by molar-refractivity contribution is -0.0510. The molecule has 0 aromatic heterocycles. The predicted octanol–water partition coefficient (Wildman–Crippen LogP) is 2.35. The van der Waals surface area contributed by atoms with Crippen LogP contribution in [-0.2, 0) is 4.74 Å². The fraction of sp³-hybridized carbons (Fsp3) is 0.533. The van der Waals surface area contributed by atoms with Crippen molar-refractivity contribution in [2.45, 2.75) is 39.3 Å². The summed E-state index contributed by atoms with van der Waals surface area (Å²) >= 11 is 0. The molecule has 0 spiro atoms. The number of aliphatic hydroxyl groups excluding tert-OH is 1. The molecule has 0 saturated heterocycles. The third kappa shape index (κ3) is 2.45. The van der Waals surface area contributed by atoms with Crippen molar-refractivity contribution in [3.63, 3.8) is 0 Å². The second-order valence-corrected chi connectivity index (χ2v) is 5.79. The number of nitrogens with one attached hydrogen (secondary N) is 1. The number of methoxy groups -OCH3 is 1. The molecule has 0 amide bonds. The molecular weight excluding hydrogens is 242 g/mol. The molecule has 1 aromatic rings. The third-order valence-corrected chi connectivity index (χ3v) is 4.19. The third-order valence-electron chi connectivity index (χ3n) is 4.19. The van der Waals surface area contributed by atoms with E-state index in [1.165, 1.54) is 7.11 Å². The van der Waals surface area contributed by atoms with Gasteiger partial charge < -0.3 is 15.2 Å². The van der Waals surface area contributed by atoms with E-state index in [2.05, 4.69) is 19.2 Å². The molecule has 2 N–H and O–H groups in total. The summed E-state index contributed by atoms with van der Waals surface area (Å²) in [5.74, 6) is -0.325. The largest absolute Gasteiger partial charge is 0.465 e. The number of carbonyl (C=O) groups is 1.